The molecule has 1 aromatic rings. The predicted octanol–water partition coefficient (Wildman–Crippen LogP) is 1.52. The zero-order valence-corrected chi connectivity index (χ0v) is 10.3. The van der Waals surface area contributed by atoms with Crippen molar-refractivity contribution in [3.63, 3.8) is 0 Å². The van der Waals surface area contributed by atoms with Gasteiger partial charge in [0.25, 0.3) is 0 Å². The summed E-state index contributed by atoms with van der Waals surface area (Å²) < 4.78 is 0.841. The van der Waals surface area contributed by atoms with Gasteiger partial charge in [-0.05, 0) is 31.7 Å². The van der Waals surface area contributed by atoms with Gasteiger partial charge in [0.15, 0.2) is 5.78 Å². The molecule has 0 aliphatic heterocycles. The molecule has 0 spiro atoms. The summed E-state index contributed by atoms with van der Waals surface area (Å²) in [6.07, 6.45) is -0.983. The number of ketones is 1. The number of hydrogen-bond donors (Lipinski definition) is 2. The fraction of sp³-hybridized carbons (Fsp3) is 0.364. The highest BCUT2D eigenvalue weighted by atomic mass is 79.9. The number of rotatable bonds is 4. The van der Waals surface area contributed by atoms with Crippen LogP contribution in [0.1, 0.15) is 15.9 Å². The molecular formula is C11H14BrNO2. The van der Waals surface area contributed by atoms with Gasteiger partial charge in [-0.15, -0.1) is 0 Å². The molecule has 1 aromatic carbocycles. The number of nitrogens with one attached hydrogen (secondary N) is 1. The van der Waals surface area contributed by atoms with Crippen LogP contribution in [-0.4, -0.2) is 30.6 Å². The summed E-state index contributed by atoms with van der Waals surface area (Å²) in [5, 5.41) is 12.3. The number of carbonyl (C=O) groups is 1. The molecule has 82 valence electrons. The van der Waals surface area contributed by atoms with E-state index in [1.807, 2.05) is 19.1 Å². The highest BCUT2D eigenvalue weighted by Crippen LogP contribution is 2.17. The molecule has 2 N–H and O–H groups in total. The van der Waals surface area contributed by atoms with Crippen molar-refractivity contribution < 1.29 is 9.90 Å². The van der Waals surface area contributed by atoms with Gasteiger partial charge in [0.05, 0.1) is 0 Å². The van der Waals surface area contributed by atoms with E-state index in [9.17, 15) is 9.90 Å². The Kier molecular flexibility index (Phi) is 4.45. The SMILES string of the molecule is CNCC(O)C(=O)c1cc(Br)ccc1C. The van der Waals surface area contributed by atoms with E-state index in [0.29, 0.717) is 5.56 Å². The molecule has 0 aliphatic rings. The lowest BCUT2D eigenvalue weighted by atomic mass is 10.0. The number of hydrogen-bond acceptors (Lipinski definition) is 3. The van der Waals surface area contributed by atoms with Crippen LogP contribution in [0, 0.1) is 6.92 Å². The number of aliphatic hydroxyl groups excluding tert-OH is 1. The maximum atomic E-state index is 11.8. The van der Waals surface area contributed by atoms with Crippen molar-refractivity contribution >= 4 is 21.7 Å². The van der Waals surface area contributed by atoms with Crippen LogP contribution in [0.15, 0.2) is 22.7 Å². The molecular weight excluding hydrogens is 258 g/mol. The number of aliphatic hydroxyl groups is 1. The van der Waals surface area contributed by atoms with Gasteiger partial charge in [0, 0.05) is 16.6 Å². The molecule has 1 atom stereocenters. The van der Waals surface area contributed by atoms with Gasteiger partial charge in [-0.2, -0.15) is 0 Å². The second-order valence-corrected chi connectivity index (χ2v) is 4.31. The van der Waals surface area contributed by atoms with Crippen molar-refractivity contribution in [2.24, 2.45) is 0 Å². The Morgan fingerprint density at radius 1 is 1.60 bits per heavy atom. The second-order valence-electron chi connectivity index (χ2n) is 3.40. The van der Waals surface area contributed by atoms with Crippen LogP contribution in [-0.2, 0) is 0 Å². The van der Waals surface area contributed by atoms with Crippen LogP contribution in [0.2, 0.25) is 0 Å². The first-order chi connectivity index (χ1) is 7.06. The fourth-order valence-electron chi connectivity index (χ4n) is 1.33. The van der Waals surface area contributed by atoms with Crippen molar-refractivity contribution in [1.82, 2.24) is 5.32 Å². The summed E-state index contributed by atoms with van der Waals surface area (Å²) in [5.74, 6) is -0.247. The highest BCUT2D eigenvalue weighted by molar-refractivity contribution is 9.10. The minimum atomic E-state index is -0.983. The Morgan fingerprint density at radius 2 is 2.27 bits per heavy atom. The number of aryl methyl sites for hydroxylation is 1. The van der Waals surface area contributed by atoms with E-state index < -0.39 is 6.10 Å². The molecule has 0 radical (unpaired) electrons. The number of Topliss-reactive ketones (excluding diaryl/α,β-unsaturated/α-hetero) is 1. The topological polar surface area (TPSA) is 49.3 Å². The van der Waals surface area contributed by atoms with E-state index in [2.05, 4.69) is 21.2 Å². The van der Waals surface area contributed by atoms with Gasteiger partial charge in [0.1, 0.15) is 6.10 Å². The van der Waals surface area contributed by atoms with E-state index >= 15 is 0 Å². The first-order valence-electron chi connectivity index (χ1n) is 4.69. The lowest BCUT2D eigenvalue weighted by molar-refractivity contribution is 0.0749. The number of carbonyl (C=O) groups excluding carboxylic acids is 1. The number of halogens is 1. The Balaban J connectivity index is 2.95. The molecule has 3 nitrogen and oxygen atoms in total. The summed E-state index contributed by atoms with van der Waals surface area (Å²) >= 11 is 3.30. The molecule has 0 bridgehead atoms. The first-order valence-corrected chi connectivity index (χ1v) is 5.48. The van der Waals surface area contributed by atoms with Gasteiger partial charge in [0.2, 0.25) is 0 Å². The summed E-state index contributed by atoms with van der Waals surface area (Å²) in [6.45, 7) is 2.12. The molecule has 15 heavy (non-hydrogen) atoms. The van der Waals surface area contributed by atoms with Crippen LogP contribution in [0.5, 0.6) is 0 Å². The van der Waals surface area contributed by atoms with Gasteiger partial charge in [-0.1, -0.05) is 22.0 Å². The van der Waals surface area contributed by atoms with Crippen molar-refractivity contribution in [2.45, 2.75) is 13.0 Å². The molecule has 0 saturated heterocycles. The maximum Gasteiger partial charge on any atom is 0.192 e. The van der Waals surface area contributed by atoms with Gasteiger partial charge in [-0.3, -0.25) is 4.79 Å². The van der Waals surface area contributed by atoms with Crippen molar-refractivity contribution in [2.75, 3.05) is 13.6 Å². The molecule has 0 saturated carbocycles. The number of benzene rings is 1. The molecule has 1 unspecified atom stereocenters. The summed E-state index contributed by atoms with van der Waals surface area (Å²) in [7, 11) is 1.70. The normalized spacial score (nSPS) is 12.5. The average Bonchev–Trinajstić information content (AvgIpc) is 2.21. The molecule has 0 amide bonds. The molecule has 0 aromatic heterocycles. The highest BCUT2D eigenvalue weighted by Gasteiger charge is 2.18. The van der Waals surface area contributed by atoms with E-state index in [1.54, 1.807) is 13.1 Å². The van der Waals surface area contributed by atoms with Crippen LogP contribution in [0.3, 0.4) is 0 Å². The molecule has 0 fully saturated rings. The van der Waals surface area contributed by atoms with Crippen molar-refractivity contribution in [3.8, 4) is 0 Å². The minimum absolute atomic E-state index is 0.247. The van der Waals surface area contributed by atoms with E-state index in [-0.39, 0.29) is 12.3 Å². The molecule has 0 heterocycles. The molecule has 1 rings (SSSR count). The van der Waals surface area contributed by atoms with Crippen LogP contribution in [0.25, 0.3) is 0 Å². The van der Waals surface area contributed by atoms with Crippen LogP contribution < -0.4 is 5.32 Å². The Morgan fingerprint density at radius 3 is 2.87 bits per heavy atom. The summed E-state index contributed by atoms with van der Waals surface area (Å²) in [4.78, 5) is 11.8. The van der Waals surface area contributed by atoms with E-state index in [4.69, 9.17) is 0 Å². The third-order valence-corrected chi connectivity index (χ3v) is 2.66. The monoisotopic (exact) mass is 271 g/mol. The smallest absolute Gasteiger partial charge is 0.192 e. The summed E-state index contributed by atoms with van der Waals surface area (Å²) in [5.41, 5.74) is 1.44. The standard InChI is InChI=1S/C11H14BrNO2/c1-7-3-4-8(12)5-9(7)11(15)10(14)6-13-2/h3-5,10,13-14H,6H2,1-2H3. The maximum absolute atomic E-state index is 11.8. The summed E-state index contributed by atoms with van der Waals surface area (Å²) in [6, 6.07) is 5.45. The van der Waals surface area contributed by atoms with Gasteiger partial charge >= 0.3 is 0 Å². The van der Waals surface area contributed by atoms with Crippen LogP contribution in [0.4, 0.5) is 0 Å². The van der Waals surface area contributed by atoms with Crippen molar-refractivity contribution in [3.05, 3.63) is 33.8 Å². The van der Waals surface area contributed by atoms with E-state index in [1.165, 1.54) is 0 Å². The predicted molar refractivity (Wildman–Crippen MR) is 63.1 cm³/mol. The lowest BCUT2D eigenvalue weighted by Gasteiger charge is -2.11. The molecule has 4 heteroatoms. The second kappa shape index (κ2) is 5.39. The Hall–Kier alpha value is -0.710. The Bertz CT molecular complexity index is 366. The number of likely N-dealkylation sites (N-methyl/N-ethyl adjacent to an activating group) is 1. The quantitative estimate of drug-likeness (QED) is 0.817. The van der Waals surface area contributed by atoms with Crippen LogP contribution >= 0.6 is 15.9 Å². The van der Waals surface area contributed by atoms with Gasteiger partial charge < -0.3 is 10.4 Å². The zero-order chi connectivity index (χ0) is 11.4. The average molecular weight is 272 g/mol. The third kappa shape index (κ3) is 3.12. The largest absolute Gasteiger partial charge is 0.384 e. The first kappa shape index (κ1) is 12.4. The zero-order valence-electron chi connectivity index (χ0n) is 8.75. The Labute approximate surface area is 97.6 Å². The van der Waals surface area contributed by atoms with Crippen molar-refractivity contribution in [1.29, 1.82) is 0 Å². The minimum Gasteiger partial charge on any atom is -0.384 e. The van der Waals surface area contributed by atoms with Gasteiger partial charge in [-0.25, -0.2) is 0 Å². The molecule has 0 aliphatic carbocycles. The third-order valence-electron chi connectivity index (χ3n) is 2.17. The van der Waals surface area contributed by atoms with E-state index in [0.717, 1.165) is 10.0 Å². The fourth-order valence-corrected chi connectivity index (χ4v) is 1.69. The lowest BCUT2D eigenvalue weighted by Crippen LogP contribution is -2.31.